The number of nitrogens with one attached hydrogen (secondary N) is 4. The number of H-pyrrole nitrogens is 2. The second kappa shape index (κ2) is 20.1. The highest BCUT2D eigenvalue weighted by Crippen LogP contribution is 2.39. The van der Waals surface area contributed by atoms with E-state index in [1.807, 2.05) is 36.0 Å². The SMILES string of the molecule is COC(=O)NC(C(=O)N1C[C@@H](C)C[C@H]1c1ncc(-c2ccc(-c3ccc4cc(-c5cnc([C@@H]6C[C@H](C)CN6C(=O)C(NC(=O)OC)[C@@H]6CCO[C@@H](C)C6)[nH]5)ccc4c3)cc2)[nH]1)[C@@H]1CCO[C@@H](C)C1. The van der Waals surface area contributed by atoms with Gasteiger partial charge in [0, 0.05) is 31.9 Å². The summed E-state index contributed by atoms with van der Waals surface area (Å²) in [5.74, 6) is 1.61. The first kappa shape index (κ1) is 46.8. The van der Waals surface area contributed by atoms with Gasteiger partial charge in [-0.25, -0.2) is 19.6 Å². The number of aromatic amines is 2. The zero-order chi connectivity index (χ0) is 47.6. The number of hydrogen-bond acceptors (Lipinski definition) is 10. The number of imidazole rings is 2. The first-order valence-corrected chi connectivity index (χ1v) is 24.1. The average Bonchev–Trinajstić information content (AvgIpc) is 4.19. The predicted octanol–water partition coefficient (Wildman–Crippen LogP) is 8.19. The van der Waals surface area contributed by atoms with Crippen molar-refractivity contribution in [2.45, 2.75) is 103 Å². The summed E-state index contributed by atoms with van der Waals surface area (Å²) in [6.45, 7) is 10.5. The van der Waals surface area contributed by atoms with Gasteiger partial charge in [-0.3, -0.25) is 9.59 Å². The molecule has 4 N–H and O–H groups in total. The molecule has 2 unspecified atom stereocenters. The van der Waals surface area contributed by atoms with Crippen molar-refractivity contribution in [3.8, 4) is 33.6 Å². The topological polar surface area (TPSA) is 193 Å². The van der Waals surface area contributed by atoms with Gasteiger partial charge in [-0.05, 0) is 116 Å². The third kappa shape index (κ3) is 9.98. The van der Waals surface area contributed by atoms with Crippen molar-refractivity contribution < 1.29 is 38.1 Å². The maximum Gasteiger partial charge on any atom is 0.407 e. The van der Waals surface area contributed by atoms with Crippen LogP contribution in [0.3, 0.4) is 0 Å². The molecule has 3 aromatic carbocycles. The van der Waals surface area contributed by atoms with Crippen LogP contribution >= 0.6 is 0 Å². The summed E-state index contributed by atoms with van der Waals surface area (Å²) >= 11 is 0. The van der Waals surface area contributed by atoms with Crippen LogP contribution in [0.1, 0.15) is 90.0 Å². The Kier molecular flexibility index (Phi) is 13.9. The van der Waals surface area contributed by atoms with E-state index >= 15 is 0 Å². The summed E-state index contributed by atoms with van der Waals surface area (Å²) in [5.41, 5.74) is 5.86. The number of likely N-dealkylation sites (tertiary alicyclic amines) is 2. The van der Waals surface area contributed by atoms with Crippen LogP contribution < -0.4 is 10.6 Å². The first-order valence-electron chi connectivity index (χ1n) is 24.1. The van der Waals surface area contributed by atoms with Crippen molar-refractivity contribution in [1.82, 2.24) is 40.4 Å². The lowest BCUT2D eigenvalue weighted by Crippen LogP contribution is -2.53. The first-order chi connectivity index (χ1) is 32.8. The number of carbonyl (C=O) groups is 4. The molecule has 2 aromatic heterocycles. The minimum atomic E-state index is -0.716. The molecule has 68 heavy (non-hydrogen) atoms. The minimum Gasteiger partial charge on any atom is -0.453 e. The van der Waals surface area contributed by atoms with Crippen LogP contribution in [0.15, 0.2) is 73.1 Å². The molecule has 0 radical (unpaired) electrons. The van der Waals surface area contributed by atoms with Crippen molar-refractivity contribution in [1.29, 1.82) is 0 Å². The van der Waals surface area contributed by atoms with Crippen molar-refractivity contribution in [2.75, 3.05) is 40.5 Å². The molecule has 6 heterocycles. The summed E-state index contributed by atoms with van der Waals surface area (Å²) in [7, 11) is 2.63. The molecule has 16 nitrogen and oxygen atoms in total. The molecule has 4 aliphatic rings. The highest BCUT2D eigenvalue weighted by Gasteiger charge is 2.44. The second-order valence-electron chi connectivity index (χ2n) is 19.6. The Morgan fingerprint density at radius 2 is 1.03 bits per heavy atom. The fourth-order valence-corrected chi connectivity index (χ4v) is 11.0. The summed E-state index contributed by atoms with van der Waals surface area (Å²) in [6, 6.07) is 19.3. The molecule has 0 saturated carbocycles. The smallest absolute Gasteiger partial charge is 0.407 e. The van der Waals surface area contributed by atoms with E-state index in [1.54, 1.807) is 0 Å². The van der Waals surface area contributed by atoms with E-state index in [0.717, 1.165) is 68.9 Å². The van der Waals surface area contributed by atoms with Crippen LogP contribution in [0.2, 0.25) is 0 Å². The van der Waals surface area contributed by atoms with E-state index in [2.05, 4.69) is 95.1 Å². The van der Waals surface area contributed by atoms with Crippen molar-refractivity contribution in [3.05, 3.63) is 84.7 Å². The number of alkyl carbamates (subject to hydrolysis) is 2. The van der Waals surface area contributed by atoms with E-state index in [0.29, 0.717) is 52.0 Å². The Bertz CT molecular complexity index is 2610. The number of carbonyl (C=O) groups excluding carboxylic acids is 4. The Morgan fingerprint density at radius 3 is 1.50 bits per heavy atom. The monoisotopic (exact) mass is 928 g/mol. The summed E-state index contributed by atoms with van der Waals surface area (Å²) < 4.78 is 21.4. The van der Waals surface area contributed by atoms with E-state index in [4.69, 9.17) is 28.9 Å². The van der Waals surface area contributed by atoms with Gasteiger partial charge in [0.15, 0.2) is 0 Å². The molecule has 9 rings (SSSR count). The number of methoxy groups -OCH3 is 2. The number of fused-ring (bicyclic) bond motifs is 1. The molecular weight excluding hydrogens is 865 g/mol. The van der Waals surface area contributed by atoms with Crippen LogP contribution in [0.4, 0.5) is 9.59 Å². The number of ether oxygens (including phenoxy) is 4. The fraction of sp³-hybridized carbons (Fsp3) is 0.500. The number of benzene rings is 3. The van der Waals surface area contributed by atoms with Crippen LogP contribution in [0.25, 0.3) is 44.4 Å². The second-order valence-corrected chi connectivity index (χ2v) is 19.6. The van der Waals surface area contributed by atoms with Gasteiger partial charge in [-0.1, -0.05) is 62.4 Å². The van der Waals surface area contributed by atoms with Gasteiger partial charge >= 0.3 is 12.2 Å². The van der Waals surface area contributed by atoms with E-state index < -0.39 is 24.3 Å². The van der Waals surface area contributed by atoms with Gasteiger partial charge in [-0.15, -0.1) is 0 Å². The molecule has 4 fully saturated rings. The third-order valence-corrected chi connectivity index (χ3v) is 14.5. The standard InChI is InChI=1S/C52H64N8O8/c1-29-19-43(59(27-29)49(61)45(57-51(63)65-5)39-15-17-67-31(3)21-39)47-53-25-41(55-47)34-9-7-33(8-10-34)35-11-12-37-24-38(14-13-36(37)23-35)42-26-54-48(56-42)44-20-30(2)28-60(44)50(62)46(58-52(64)66-6)40-16-18-68-32(4)22-40/h7-14,23-26,29-32,39-40,43-46H,15-22,27-28H2,1-6H3,(H,53,55)(H,54,56)(H,57,63)(H,58,64)/t29-,30-,31-,32-,39+,40+,43-,44-,45?,46?/m0/s1. The number of hydrogen-bond donors (Lipinski definition) is 4. The van der Waals surface area contributed by atoms with Crippen molar-refractivity contribution in [2.24, 2.45) is 23.7 Å². The van der Waals surface area contributed by atoms with Crippen LogP contribution in [0.5, 0.6) is 0 Å². The van der Waals surface area contributed by atoms with E-state index in [9.17, 15) is 19.2 Å². The molecule has 10 atom stereocenters. The number of nitrogens with zero attached hydrogens (tertiary/aromatic N) is 4. The van der Waals surface area contributed by atoms with Crippen molar-refractivity contribution in [3.63, 3.8) is 0 Å². The van der Waals surface area contributed by atoms with Crippen LogP contribution in [0, 0.1) is 23.7 Å². The van der Waals surface area contributed by atoms with Crippen LogP contribution in [-0.2, 0) is 28.5 Å². The average molecular weight is 929 g/mol. The van der Waals surface area contributed by atoms with Gasteiger partial charge in [0.1, 0.15) is 23.7 Å². The van der Waals surface area contributed by atoms with Gasteiger partial charge in [0.25, 0.3) is 0 Å². The van der Waals surface area contributed by atoms with E-state index in [1.165, 1.54) is 14.2 Å². The highest BCUT2D eigenvalue weighted by molar-refractivity contribution is 5.91. The zero-order valence-electron chi connectivity index (χ0n) is 39.8. The largest absolute Gasteiger partial charge is 0.453 e. The molecule has 0 bridgehead atoms. The normalized spacial score (nSPS) is 26.0. The Morgan fingerprint density at radius 1 is 0.603 bits per heavy atom. The fourth-order valence-electron chi connectivity index (χ4n) is 11.0. The molecule has 0 spiro atoms. The summed E-state index contributed by atoms with van der Waals surface area (Å²) in [6.07, 6.45) is 6.66. The van der Waals surface area contributed by atoms with Crippen LogP contribution in [-0.4, -0.2) is 119 Å². The Balaban J connectivity index is 0.876. The minimum absolute atomic E-state index is 0.000555. The molecule has 0 aliphatic carbocycles. The maximum atomic E-state index is 14.3. The number of rotatable bonds is 11. The lowest BCUT2D eigenvalue weighted by molar-refractivity contribution is -0.138. The number of aromatic nitrogens is 4. The Hall–Kier alpha value is -6.26. The molecule has 360 valence electrons. The maximum absolute atomic E-state index is 14.3. The Labute approximate surface area is 397 Å². The predicted molar refractivity (Wildman–Crippen MR) is 256 cm³/mol. The van der Waals surface area contributed by atoms with Crippen molar-refractivity contribution >= 4 is 34.8 Å². The zero-order valence-corrected chi connectivity index (χ0v) is 39.8. The quantitative estimate of drug-likeness (QED) is 0.100. The lowest BCUT2D eigenvalue weighted by Gasteiger charge is -2.36. The summed E-state index contributed by atoms with van der Waals surface area (Å²) in [4.78, 5) is 73.9. The molecule has 16 heteroatoms. The lowest BCUT2D eigenvalue weighted by atomic mass is 9.88. The van der Waals surface area contributed by atoms with Gasteiger partial charge in [0.2, 0.25) is 11.8 Å². The third-order valence-electron chi connectivity index (χ3n) is 14.5. The molecule has 4 saturated heterocycles. The van der Waals surface area contributed by atoms with Gasteiger partial charge < -0.3 is 49.3 Å². The van der Waals surface area contributed by atoms with E-state index in [-0.39, 0.29) is 59.8 Å². The van der Waals surface area contributed by atoms with Gasteiger partial charge in [0.05, 0.1) is 62.3 Å². The summed E-state index contributed by atoms with van der Waals surface area (Å²) in [5, 5.41) is 7.89. The highest BCUT2D eigenvalue weighted by atomic mass is 16.5. The molecule has 4 aliphatic heterocycles. The number of amides is 4. The molecular formula is C52H64N8O8. The molecule has 5 aromatic rings. The van der Waals surface area contributed by atoms with Gasteiger partial charge in [-0.2, -0.15) is 0 Å². The molecule has 4 amide bonds.